The van der Waals surface area contributed by atoms with Gasteiger partial charge in [0, 0.05) is 11.8 Å². The second-order valence-electron chi connectivity index (χ2n) is 5.81. The fourth-order valence-corrected chi connectivity index (χ4v) is 4.00. The smallest absolute Gasteiger partial charge is 0.110 e. The quantitative estimate of drug-likeness (QED) is 0.855. The molecule has 1 heterocycles. The molecular weight excluding hydrogens is 228 g/mol. The standard InChI is InChI=1S/C14H24N2S/c1-9(2)8-10(3)12-13(15)17-14(16-12)11-6-4-5-7-11/h9-11H,4-8,15H2,1-3H3. The van der Waals surface area contributed by atoms with Gasteiger partial charge in [0.05, 0.1) is 10.7 Å². The van der Waals surface area contributed by atoms with E-state index in [1.165, 1.54) is 37.1 Å². The molecular formula is C14H24N2S. The summed E-state index contributed by atoms with van der Waals surface area (Å²) in [5, 5.41) is 2.26. The van der Waals surface area contributed by atoms with E-state index in [0.29, 0.717) is 17.8 Å². The van der Waals surface area contributed by atoms with E-state index in [-0.39, 0.29) is 0 Å². The van der Waals surface area contributed by atoms with Crippen LogP contribution in [0.2, 0.25) is 0 Å². The third-order valence-corrected chi connectivity index (χ3v) is 4.76. The van der Waals surface area contributed by atoms with Crippen molar-refractivity contribution in [1.82, 2.24) is 4.98 Å². The van der Waals surface area contributed by atoms with E-state index in [1.807, 2.05) is 0 Å². The van der Waals surface area contributed by atoms with Crippen LogP contribution in [0.4, 0.5) is 5.00 Å². The Bertz CT molecular complexity index is 364. The molecule has 1 unspecified atom stereocenters. The molecule has 1 fully saturated rings. The molecule has 3 heteroatoms. The number of aromatic nitrogens is 1. The average Bonchev–Trinajstić information content (AvgIpc) is 2.84. The highest BCUT2D eigenvalue weighted by atomic mass is 32.1. The van der Waals surface area contributed by atoms with Crippen molar-refractivity contribution in [3.05, 3.63) is 10.7 Å². The Morgan fingerprint density at radius 1 is 1.29 bits per heavy atom. The summed E-state index contributed by atoms with van der Waals surface area (Å²) in [6.07, 6.45) is 6.52. The SMILES string of the molecule is CC(C)CC(C)c1nc(C2CCCC2)sc1N. The lowest BCUT2D eigenvalue weighted by Crippen LogP contribution is -2.02. The minimum absolute atomic E-state index is 0.501. The van der Waals surface area contributed by atoms with Crippen LogP contribution >= 0.6 is 11.3 Å². The van der Waals surface area contributed by atoms with Gasteiger partial charge in [-0.3, -0.25) is 0 Å². The molecule has 96 valence electrons. The lowest BCUT2D eigenvalue weighted by molar-refractivity contribution is 0.517. The van der Waals surface area contributed by atoms with Gasteiger partial charge < -0.3 is 5.73 Å². The molecule has 0 aliphatic heterocycles. The van der Waals surface area contributed by atoms with Gasteiger partial charge in [-0.1, -0.05) is 33.6 Å². The van der Waals surface area contributed by atoms with E-state index in [4.69, 9.17) is 10.7 Å². The third-order valence-electron chi connectivity index (χ3n) is 3.69. The highest BCUT2D eigenvalue weighted by Gasteiger charge is 2.23. The lowest BCUT2D eigenvalue weighted by Gasteiger charge is -2.12. The summed E-state index contributed by atoms with van der Waals surface area (Å²) in [6, 6.07) is 0. The number of thiazole rings is 1. The molecule has 0 aromatic carbocycles. The zero-order valence-corrected chi connectivity index (χ0v) is 12.0. The van der Waals surface area contributed by atoms with Gasteiger partial charge in [0.25, 0.3) is 0 Å². The number of hydrogen-bond donors (Lipinski definition) is 1. The van der Waals surface area contributed by atoms with Gasteiger partial charge in [-0.25, -0.2) is 4.98 Å². The maximum atomic E-state index is 6.14. The molecule has 2 rings (SSSR count). The van der Waals surface area contributed by atoms with Gasteiger partial charge in [-0.05, 0) is 25.2 Å². The van der Waals surface area contributed by atoms with Crippen molar-refractivity contribution in [3.63, 3.8) is 0 Å². The van der Waals surface area contributed by atoms with E-state index >= 15 is 0 Å². The van der Waals surface area contributed by atoms with Crippen LogP contribution in [-0.4, -0.2) is 4.98 Å². The number of hydrogen-bond acceptors (Lipinski definition) is 3. The molecule has 1 saturated carbocycles. The summed E-state index contributed by atoms with van der Waals surface area (Å²) in [7, 11) is 0. The summed E-state index contributed by atoms with van der Waals surface area (Å²) < 4.78 is 0. The first-order chi connectivity index (χ1) is 8.08. The van der Waals surface area contributed by atoms with Crippen LogP contribution in [0.1, 0.15) is 75.4 Å². The fourth-order valence-electron chi connectivity index (χ4n) is 2.88. The fraction of sp³-hybridized carbons (Fsp3) is 0.786. The number of nitrogen functional groups attached to an aromatic ring is 1. The van der Waals surface area contributed by atoms with Crippen LogP contribution in [0.25, 0.3) is 0 Å². The number of nitrogens with two attached hydrogens (primary N) is 1. The number of rotatable bonds is 4. The van der Waals surface area contributed by atoms with Crippen molar-refractivity contribution < 1.29 is 0 Å². The van der Waals surface area contributed by atoms with Gasteiger partial charge in [0.1, 0.15) is 5.00 Å². The largest absolute Gasteiger partial charge is 0.389 e. The topological polar surface area (TPSA) is 38.9 Å². The monoisotopic (exact) mass is 252 g/mol. The predicted molar refractivity (Wildman–Crippen MR) is 75.6 cm³/mol. The van der Waals surface area contributed by atoms with E-state index in [2.05, 4.69) is 20.8 Å². The minimum Gasteiger partial charge on any atom is -0.389 e. The zero-order chi connectivity index (χ0) is 12.4. The van der Waals surface area contributed by atoms with Gasteiger partial charge >= 0.3 is 0 Å². The van der Waals surface area contributed by atoms with E-state index in [1.54, 1.807) is 11.3 Å². The molecule has 0 spiro atoms. The van der Waals surface area contributed by atoms with Crippen LogP contribution < -0.4 is 5.73 Å². The first-order valence-corrected chi connectivity index (χ1v) is 7.65. The highest BCUT2D eigenvalue weighted by Crippen LogP contribution is 2.40. The summed E-state index contributed by atoms with van der Waals surface area (Å²) in [5.74, 6) is 1.91. The van der Waals surface area contributed by atoms with Crippen molar-refractivity contribution >= 4 is 16.3 Å². The van der Waals surface area contributed by atoms with E-state index in [9.17, 15) is 0 Å². The maximum Gasteiger partial charge on any atom is 0.110 e. The van der Waals surface area contributed by atoms with Crippen LogP contribution in [-0.2, 0) is 0 Å². The van der Waals surface area contributed by atoms with Crippen LogP contribution in [0.5, 0.6) is 0 Å². The van der Waals surface area contributed by atoms with Crippen LogP contribution in [0, 0.1) is 5.92 Å². The maximum absolute atomic E-state index is 6.14. The number of nitrogens with zero attached hydrogens (tertiary/aromatic N) is 1. The molecule has 0 amide bonds. The minimum atomic E-state index is 0.501. The molecule has 0 saturated heterocycles. The Morgan fingerprint density at radius 2 is 1.94 bits per heavy atom. The Labute approximate surface area is 109 Å². The summed E-state index contributed by atoms with van der Waals surface area (Å²) in [5.41, 5.74) is 7.30. The van der Waals surface area contributed by atoms with E-state index < -0.39 is 0 Å². The summed E-state index contributed by atoms with van der Waals surface area (Å²) in [6.45, 7) is 6.78. The lowest BCUT2D eigenvalue weighted by atomic mass is 9.96. The Hall–Kier alpha value is -0.570. The van der Waals surface area contributed by atoms with Gasteiger partial charge in [-0.2, -0.15) is 0 Å². The van der Waals surface area contributed by atoms with Crippen LogP contribution in [0.3, 0.4) is 0 Å². The molecule has 2 N–H and O–H groups in total. The van der Waals surface area contributed by atoms with Crippen molar-refractivity contribution in [2.75, 3.05) is 5.73 Å². The first kappa shape index (κ1) is 12.9. The van der Waals surface area contributed by atoms with Gasteiger partial charge in [0.15, 0.2) is 0 Å². The summed E-state index contributed by atoms with van der Waals surface area (Å²) in [4.78, 5) is 4.84. The van der Waals surface area contributed by atoms with Crippen molar-refractivity contribution in [3.8, 4) is 0 Å². The van der Waals surface area contributed by atoms with Crippen molar-refractivity contribution in [2.24, 2.45) is 5.92 Å². The molecule has 1 aromatic rings. The molecule has 1 aliphatic carbocycles. The number of anilines is 1. The zero-order valence-electron chi connectivity index (χ0n) is 11.2. The van der Waals surface area contributed by atoms with Crippen molar-refractivity contribution in [2.45, 2.75) is 64.7 Å². The summed E-state index contributed by atoms with van der Waals surface area (Å²) >= 11 is 1.73. The molecule has 1 aliphatic rings. The molecule has 0 bridgehead atoms. The average molecular weight is 252 g/mol. The first-order valence-electron chi connectivity index (χ1n) is 6.84. The second kappa shape index (κ2) is 5.38. The Morgan fingerprint density at radius 3 is 2.53 bits per heavy atom. The Balaban J connectivity index is 2.12. The van der Waals surface area contributed by atoms with Crippen molar-refractivity contribution in [1.29, 1.82) is 0 Å². The van der Waals surface area contributed by atoms with Gasteiger partial charge in [0.2, 0.25) is 0 Å². The predicted octanol–water partition coefficient (Wildman–Crippen LogP) is 4.53. The third kappa shape index (κ3) is 3.01. The molecule has 1 aromatic heterocycles. The Kier molecular flexibility index (Phi) is 4.08. The second-order valence-corrected chi connectivity index (χ2v) is 6.88. The molecule has 0 radical (unpaired) electrons. The van der Waals surface area contributed by atoms with Gasteiger partial charge in [-0.15, -0.1) is 11.3 Å². The van der Waals surface area contributed by atoms with Crippen LogP contribution in [0.15, 0.2) is 0 Å². The highest BCUT2D eigenvalue weighted by molar-refractivity contribution is 7.15. The molecule has 17 heavy (non-hydrogen) atoms. The molecule has 2 nitrogen and oxygen atoms in total. The normalized spacial score (nSPS) is 19.1. The van der Waals surface area contributed by atoms with E-state index in [0.717, 1.165) is 10.7 Å². The molecule has 1 atom stereocenters.